The molecule has 0 aliphatic rings. The topological polar surface area (TPSA) is 48.5 Å². The summed E-state index contributed by atoms with van der Waals surface area (Å²) in [6.45, 7) is 0. The van der Waals surface area contributed by atoms with E-state index in [1.54, 1.807) is 0 Å². The summed E-state index contributed by atoms with van der Waals surface area (Å²) >= 11 is 0. The lowest BCUT2D eigenvalue weighted by molar-refractivity contribution is 0.953. The van der Waals surface area contributed by atoms with Crippen molar-refractivity contribution in [2.24, 2.45) is 0 Å². The van der Waals surface area contributed by atoms with Crippen LogP contribution in [-0.4, -0.2) is 24.1 Å². The molecule has 0 aliphatic carbocycles. The number of hydrogen-bond donors (Lipinski definition) is 0. The molecule has 0 fully saturated rings. The van der Waals surface area contributed by atoms with Gasteiger partial charge in [0.1, 0.15) is 0 Å². The molecular weight excluding hydrogens is 827 g/mol. The highest BCUT2D eigenvalue weighted by atomic mass is 15.2. The molecule has 0 unspecified atom stereocenters. The van der Waals surface area contributed by atoms with Crippen molar-refractivity contribution in [3.05, 3.63) is 249 Å². The second kappa shape index (κ2) is 16.4. The molecule has 0 amide bonds. The van der Waals surface area contributed by atoms with Crippen molar-refractivity contribution < 1.29 is 0 Å². The Kier molecular flexibility index (Phi) is 9.43. The highest BCUT2D eigenvalue weighted by molar-refractivity contribution is 6.23. The number of nitrogens with zero attached hydrogens (tertiary/aromatic N) is 5. The lowest BCUT2D eigenvalue weighted by Crippen LogP contribution is -2.07. The zero-order chi connectivity index (χ0) is 45.0. The maximum atomic E-state index is 5.43. The summed E-state index contributed by atoms with van der Waals surface area (Å²) in [6.07, 6.45) is 0. The van der Waals surface area contributed by atoms with Gasteiger partial charge in [-0.05, 0) is 68.8 Å². The standard InChI is InChI=1S/C63H41N5/c1-5-17-42(18-6-1)44-29-33-48(34-30-44)61-64-62(49-35-31-45(32-36-49)43-19-7-2-8-20-43)66-63(65-61)68-58-28-16-14-26-53(58)55-40-39-54-52-25-13-15-27-57(52)67(59(54)60(55)68)50-37-38-51(46-21-9-3-10-22-46)56(41-50)47-23-11-4-12-24-47/h1-41H. The highest BCUT2D eigenvalue weighted by Crippen LogP contribution is 2.43. The number of hydrogen-bond acceptors (Lipinski definition) is 3. The number of rotatable bonds is 8. The predicted octanol–water partition coefficient (Wildman–Crippen LogP) is 16.1. The Hall–Kier alpha value is -9.19. The van der Waals surface area contributed by atoms with E-state index >= 15 is 0 Å². The zero-order valence-corrected chi connectivity index (χ0v) is 36.9. The average molecular weight is 868 g/mol. The van der Waals surface area contributed by atoms with E-state index in [1.807, 2.05) is 12.1 Å². The Labute approximate surface area is 393 Å². The molecule has 10 aromatic carbocycles. The summed E-state index contributed by atoms with van der Waals surface area (Å²) in [6, 6.07) is 88.2. The lowest BCUT2D eigenvalue weighted by atomic mass is 9.94. The van der Waals surface area contributed by atoms with Crippen molar-refractivity contribution >= 4 is 43.6 Å². The van der Waals surface area contributed by atoms with Crippen molar-refractivity contribution in [1.82, 2.24) is 24.1 Å². The minimum Gasteiger partial charge on any atom is -0.307 e. The SMILES string of the molecule is c1ccc(-c2ccc(-c3nc(-c4ccc(-c5ccccc5)cc4)nc(-n4c5ccccc5c5ccc6c7ccccc7n(-c7ccc(-c8ccccc8)c(-c8ccccc8)c7)c6c54)n3)cc2)cc1. The average Bonchev–Trinajstić information content (AvgIpc) is 3.95. The van der Waals surface area contributed by atoms with Crippen LogP contribution in [0, 0.1) is 0 Å². The minimum atomic E-state index is 0.546. The third-order valence-corrected chi connectivity index (χ3v) is 13.2. The highest BCUT2D eigenvalue weighted by Gasteiger charge is 2.24. The molecule has 3 aromatic heterocycles. The summed E-state index contributed by atoms with van der Waals surface area (Å²) in [5, 5.41) is 4.55. The fourth-order valence-electron chi connectivity index (χ4n) is 9.98. The molecule has 3 heterocycles. The van der Waals surface area contributed by atoms with Crippen LogP contribution in [0.4, 0.5) is 0 Å². The summed E-state index contributed by atoms with van der Waals surface area (Å²) in [5.74, 6) is 1.74. The van der Waals surface area contributed by atoms with Crippen LogP contribution in [0.1, 0.15) is 0 Å². The van der Waals surface area contributed by atoms with Crippen LogP contribution in [0.25, 0.3) is 123 Å². The van der Waals surface area contributed by atoms with Gasteiger partial charge >= 0.3 is 0 Å². The van der Waals surface area contributed by atoms with E-state index in [-0.39, 0.29) is 0 Å². The molecular formula is C63H41N5. The lowest BCUT2D eigenvalue weighted by Gasteiger charge is -2.16. The number of benzene rings is 10. The second-order valence-corrected chi connectivity index (χ2v) is 17.2. The van der Waals surface area contributed by atoms with Crippen molar-refractivity contribution in [3.63, 3.8) is 0 Å². The van der Waals surface area contributed by atoms with Gasteiger partial charge in [-0.2, -0.15) is 9.97 Å². The number of aromatic nitrogens is 5. The Balaban J connectivity index is 1.09. The summed E-state index contributed by atoms with van der Waals surface area (Å²) < 4.78 is 4.71. The van der Waals surface area contributed by atoms with Gasteiger partial charge in [0.2, 0.25) is 5.95 Å². The number of para-hydroxylation sites is 2. The molecule has 318 valence electrons. The van der Waals surface area contributed by atoms with Gasteiger partial charge in [-0.25, -0.2) is 4.98 Å². The van der Waals surface area contributed by atoms with Crippen LogP contribution >= 0.6 is 0 Å². The van der Waals surface area contributed by atoms with Crippen molar-refractivity contribution in [1.29, 1.82) is 0 Å². The normalized spacial score (nSPS) is 11.5. The van der Waals surface area contributed by atoms with Crippen molar-refractivity contribution in [2.45, 2.75) is 0 Å². The van der Waals surface area contributed by atoms with Crippen LogP contribution < -0.4 is 0 Å². The fourth-order valence-corrected chi connectivity index (χ4v) is 9.98. The van der Waals surface area contributed by atoms with Crippen LogP contribution in [0.5, 0.6) is 0 Å². The molecule has 5 nitrogen and oxygen atoms in total. The van der Waals surface area contributed by atoms with Crippen LogP contribution in [-0.2, 0) is 0 Å². The van der Waals surface area contributed by atoms with E-state index in [0.717, 1.165) is 88.4 Å². The maximum Gasteiger partial charge on any atom is 0.238 e. The summed E-state index contributed by atoms with van der Waals surface area (Å²) in [5.41, 5.74) is 16.4. The Morgan fingerprint density at radius 3 is 1.13 bits per heavy atom. The van der Waals surface area contributed by atoms with Crippen molar-refractivity contribution in [3.8, 4) is 78.9 Å². The molecule has 0 N–H and O–H groups in total. The van der Waals surface area contributed by atoms with Crippen LogP contribution in [0.2, 0.25) is 0 Å². The fraction of sp³-hybridized carbons (Fsp3) is 0. The molecule has 0 atom stereocenters. The van der Waals surface area contributed by atoms with Gasteiger partial charge in [0, 0.05) is 38.4 Å². The first-order valence-electron chi connectivity index (χ1n) is 23.0. The first-order chi connectivity index (χ1) is 33.7. The van der Waals surface area contributed by atoms with Gasteiger partial charge in [-0.15, -0.1) is 0 Å². The first kappa shape index (κ1) is 39.2. The monoisotopic (exact) mass is 867 g/mol. The van der Waals surface area contributed by atoms with Gasteiger partial charge < -0.3 is 4.57 Å². The third-order valence-electron chi connectivity index (χ3n) is 13.2. The molecule has 0 radical (unpaired) electrons. The molecule has 0 saturated carbocycles. The molecule has 13 rings (SSSR count). The Bertz CT molecular complexity index is 3870. The zero-order valence-electron chi connectivity index (χ0n) is 36.9. The van der Waals surface area contributed by atoms with Crippen molar-refractivity contribution in [2.75, 3.05) is 0 Å². The van der Waals surface area contributed by atoms with Gasteiger partial charge in [-0.1, -0.05) is 224 Å². The van der Waals surface area contributed by atoms with E-state index in [4.69, 9.17) is 15.0 Å². The molecule has 13 aromatic rings. The van der Waals surface area contributed by atoms with Crippen LogP contribution in [0.15, 0.2) is 249 Å². The predicted molar refractivity (Wildman–Crippen MR) is 281 cm³/mol. The largest absolute Gasteiger partial charge is 0.307 e. The first-order valence-corrected chi connectivity index (χ1v) is 23.0. The Morgan fingerprint density at radius 2 is 0.632 bits per heavy atom. The van der Waals surface area contributed by atoms with E-state index in [9.17, 15) is 0 Å². The quantitative estimate of drug-likeness (QED) is 0.153. The van der Waals surface area contributed by atoms with Gasteiger partial charge in [0.25, 0.3) is 0 Å². The van der Waals surface area contributed by atoms with E-state index in [1.165, 1.54) is 16.5 Å². The third kappa shape index (κ3) is 6.68. The molecule has 0 bridgehead atoms. The molecule has 0 spiro atoms. The molecule has 5 heteroatoms. The molecule has 0 saturated heterocycles. The smallest absolute Gasteiger partial charge is 0.238 e. The van der Waals surface area contributed by atoms with Crippen LogP contribution in [0.3, 0.4) is 0 Å². The molecule has 0 aliphatic heterocycles. The van der Waals surface area contributed by atoms with Gasteiger partial charge in [0.15, 0.2) is 11.6 Å². The maximum absolute atomic E-state index is 5.43. The van der Waals surface area contributed by atoms with E-state index in [2.05, 4.69) is 246 Å². The minimum absolute atomic E-state index is 0.546. The van der Waals surface area contributed by atoms with Gasteiger partial charge in [0.05, 0.1) is 22.1 Å². The van der Waals surface area contributed by atoms with E-state index in [0.29, 0.717) is 17.6 Å². The van der Waals surface area contributed by atoms with E-state index < -0.39 is 0 Å². The molecule has 68 heavy (non-hydrogen) atoms. The Morgan fingerprint density at radius 1 is 0.250 bits per heavy atom. The second-order valence-electron chi connectivity index (χ2n) is 17.2. The summed E-state index contributed by atoms with van der Waals surface area (Å²) in [4.78, 5) is 16.1. The summed E-state index contributed by atoms with van der Waals surface area (Å²) in [7, 11) is 0. The van der Waals surface area contributed by atoms with Gasteiger partial charge in [-0.3, -0.25) is 4.57 Å². The number of fused-ring (bicyclic) bond motifs is 7.